The SMILES string of the molecule is CC(C)Oc1ccccc1N1CCCN(CCCCOc2ccc3c(c2)NC(=O)CC3)CC1.CC(C)Oc1ccccc1N1CCCNCC1.Cl.O=C1CCc2ccc(OCCCCBr)cc2N1. The van der Waals surface area contributed by atoms with Crippen molar-refractivity contribution in [1.29, 1.82) is 0 Å². The van der Waals surface area contributed by atoms with Crippen LogP contribution in [0.2, 0.25) is 0 Å². The number of nitrogens with zero attached hydrogens (tertiary/aromatic N) is 3. The molecule has 0 saturated carbocycles. The largest absolute Gasteiger partial charge is 0.494 e. The molecular formula is C54H76BrClN6O6. The van der Waals surface area contributed by atoms with Gasteiger partial charge in [0, 0.05) is 80.9 Å². The lowest BCUT2D eigenvalue weighted by Crippen LogP contribution is -2.31. The minimum Gasteiger partial charge on any atom is -0.494 e. The van der Waals surface area contributed by atoms with E-state index in [2.05, 4.69) is 117 Å². The number of rotatable bonds is 17. The monoisotopic (exact) mass is 1020 g/mol. The molecule has 0 bridgehead atoms. The van der Waals surface area contributed by atoms with E-state index in [1.807, 2.05) is 42.5 Å². The van der Waals surface area contributed by atoms with E-state index in [0.717, 1.165) is 150 Å². The molecule has 68 heavy (non-hydrogen) atoms. The van der Waals surface area contributed by atoms with E-state index in [1.165, 1.54) is 28.9 Å². The molecule has 4 aliphatic heterocycles. The third-order valence-electron chi connectivity index (χ3n) is 12.0. The Labute approximate surface area is 420 Å². The first-order valence-corrected chi connectivity index (χ1v) is 25.9. The Hall–Kier alpha value is -4.69. The summed E-state index contributed by atoms with van der Waals surface area (Å²) in [5, 5.41) is 10.3. The fourth-order valence-corrected chi connectivity index (χ4v) is 8.96. The summed E-state index contributed by atoms with van der Waals surface area (Å²) in [7, 11) is 0. The predicted molar refractivity (Wildman–Crippen MR) is 285 cm³/mol. The molecule has 0 atom stereocenters. The van der Waals surface area contributed by atoms with Gasteiger partial charge in [0.2, 0.25) is 11.8 Å². The van der Waals surface area contributed by atoms with Crippen LogP contribution in [0.1, 0.15) is 90.2 Å². The zero-order chi connectivity index (χ0) is 47.2. The van der Waals surface area contributed by atoms with Crippen LogP contribution in [0, 0.1) is 0 Å². The average molecular weight is 1020 g/mol. The molecule has 14 heteroatoms. The Morgan fingerprint density at radius 1 is 0.574 bits per heavy atom. The van der Waals surface area contributed by atoms with Crippen molar-refractivity contribution in [2.45, 2.75) is 104 Å². The van der Waals surface area contributed by atoms with Gasteiger partial charge in [0.15, 0.2) is 0 Å². The molecule has 372 valence electrons. The molecule has 0 unspecified atom stereocenters. The van der Waals surface area contributed by atoms with Crippen LogP contribution in [0.4, 0.5) is 22.7 Å². The third-order valence-corrected chi connectivity index (χ3v) is 12.5. The molecule has 2 amide bonds. The number of para-hydroxylation sites is 4. The average Bonchev–Trinajstić information content (AvgIpc) is 3.74. The molecule has 2 saturated heterocycles. The van der Waals surface area contributed by atoms with Crippen LogP contribution < -0.4 is 44.7 Å². The minimum atomic E-state index is 0. The molecule has 0 spiro atoms. The normalized spacial score (nSPS) is 15.9. The molecule has 12 nitrogen and oxygen atoms in total. The van der Waals surface area contributed by atoms with Gasteiger partial charge in [-0.2, -0.15) is 0 Å². The van der Waals surface area contributed by atoms with Crippen molar-refractivity contribution in [3.8, 4) is 23.0 Å². The van der Waals surface area contributed by atoms with Crippen LogP contribution in [0.25, 0.3) is 0 Å². The van der Waals surface area contributed by atoms with Crippen molar-refractivity contribution >= 4 is 62.9 Å². The maximum absolute atomic E-state index is 11.6. The number of carbonyl (C=O) groups excluding carboxylic acids is 2. The lowest BCUT2D eigenvalue weighted by molar-refractivity contribution is -0.117. The molecule has 4 aromatic carbocycles. The van der Waals surface area contributed by atoms with E-state index in [1.54, 1.807) is 0 Å². The zero-order valence-corrected chi connectivity index (χ0v) is 43.3. The second-order valence-corrected chi connectivity index (χ2v) is 18.9. The number of alkyl halides is 1. The fourth-order valence-electron chi connectivity index (χ4n) is 8.56. The zero-order valence-electron chi connectivity index (χ0n) is 40.9. The van der Waals surface area contributed by atoms with Crippen molar-refractivity contribution in [2.75, 3.05) is 97.9 Å². The van der Waals surface area contributed by atoms with Crippen LogP contribution in [-0.2, 0) is 22.4 Å². The maximum Gasteiger partial charge on any atom is 0.224 e. The van der Waals surface area contributed by atoms with E-state index in [0.29, 0.717) is 19.4 Å². The van der Waals surface area contributed by atoms with Gasteiger partial charge in [-0.3, -0.25) is 9.59 Å². The fraction of sp³-hybridized carbons (Fsp3) is 0.519. The number of aryl methyl sites for hydroxylation is 2. The lowest BCUT2D eigenvalue weighted by Gasteiger charge is -2.26. The summed E-state index contributed by atoms with van der Waals surface area (Å²) < 4.78 is 23.5. The highest BCUT2D eigenvalue weighted by Crippen LogP contribution is 2.32. The highest BCUT2D eigenvalue weighted by Gasteiger charge is 2.20. The summed E-state index contributed by atoms with van der Waals surface area (Å²) in [6.07, 6.45) is 9.83. The summed E-state index contributed by atoms with van der Waals surface area (Å²) in [6.45, 7) is 19.4. The number of hydrogen-bond acceptors (Lipinski definition) is 10. The van der Waals surface area contributed by atoms with Gasteiger partial charge in [0.05, 0.1) is 36.8 Å². The van der Waals surface area contributed by atoms with Crippen LogP contribution in [-0.4, -0.2) is 106 Å². The summed E-state index contributed by atoms with van der Waals surface area (Å²) >= 11 is 3.39. The molecule has 0 aliphatic carbocycles. The van der Waals surface area contributed by atoms with E-state index in [4.69, 9.17) is 18.9 Å². The number of amides is 2. The Kier molecular flexibility index (Phi) is 23.4. The van der Waals surface area contributed by atoms with E-state index >= 15 is 0 Å². The molecular weight excluding hydrogens is 944 g/mol. The highest BCUT2D eigenvalue weighted by molar-refractivity contribution is 9.09. The van der Waals surface area contributed by atoms with Crippen molar-refractivity contribution in [2.24, 2.45) is 0 Å². The number of fused-ring (bicyclic) bond motifs is 2. The quantitative estimate of drug-likeness (QED) is 0.0697. The smallest absolute Gasteiger partial charge is 0.224 e. The molecule has 4 aliphatic rings. The van der Waals surface area contributed by atoms with Crippen molar-refractivity contribution in [3.63, 3.8) is 0 Å². The second kappa shape index (κ2) is 29.4. The lowest BCUT2D eigenvalue weighted by atomic mass is 10.0. The van der Waals surface area contributed by atoms with Crippen molar-refractivity contribution in [3.05, 3.63) is 96.1 Å². The van der Waals surface area contributed by atoms with E-state index in [-0.39, 0.29) is 36.4 Å². The molecule has 0 aromatic heterocycles. The number of benzene rings is 4. The first-order chi connectivity index (χ1) is 32.6. The maximum atomic E-state index is 11.6. The van der Waals surface area contributed by atoms with Gasteiger partial charge in [0.25, 0.3) is 0 Å². The van der Waals surface area contributed by atoms with E-state index < -0.39 is 0 Å². The van der Waals surface area contributed by atoms with Gasteiger partial charge in [-0.05, 0) is 146 Å². The highest BCUT2D eigenvalue weighted by atomic mass is 79.9. The van der Waals surface area contributed by atoms with Crippen LogP contribution in [0.3, 0.4) is 0 Å². The number of nitrogens with one attached hydrogen (secondary N) is 3. The van der Waals surface area contributed by atoms with Gasteiger partial charge in [-0.25, -0.2) is 0 Å². The van der Waals surface area contributed by atoms with Gasteiger partial charge < -0.3 is 49.6 Å². The van der Waals surface area contributed by atoms with Crippen LogP contribution in [0.15, 0.2) is 84.9 Å². The van der Waals surface area contributed by atoms with Crippen molar-refractivity contribution in [1.82, 2.24) is 10.2 Å². The topological polar surface area (TPSA) is 117 Å². The molecule has 3 N–H and O–H groups in total. The first-order valence-electron chi connectivity index (χ1n) is 24.8. The molecule has 8 rings (SSSR count). The van der Waals surface area contributed by atoms with Crippen LogP contribution in [0.5, 0.6) is 23.0 Å². The van der Waals surface area contributed by atoms with Gasteiger partial charge >= 0.3 is 0 Å². The first kappa shape index (κ1) is 54.3. The van der Waals surface area contributed by atoms with Crippen LogP contribution >= 0.6 is 28.3 Å². The Balaban J connectivity index is 0.000000208. The summed E-state index contributed by atoms with van der Waals surface area (Å²) in [5.41, 5.74) is 6.62. The van der Waals surface area contributed by atoms with Gasteiger partial charge in [0.1, 0.15) is 23.0 Å². The van der Waals surface area contributed by atoms with Crippen molar-refractivity contribution < 1.29 is 28.5 Å². The second-order valence-electron chi connectivity index (χ2n) is 18.1. The third kappa shape index (κ3) is 18.0. The van der Waals surface area contributed by atoms with Gasteiger partial charge in [-0.15, -0.1) is 12.4 Å². The standard InChI is InChI=1S/C27H37N3O3.C14H22N2O.C13H16BrNO2.ClH/c1-21(2)33-26-9-4-3-8-25(26)30-16-7-15-29(17-18-30)14-5-6-19-32-23-12-10-22-11-13-27(31)28-24(22)20-23;1-12(2)17-14-7-4-3-6-13(14)16-10-5-8-15-9-11-16;14-7-1-2-8-17-11-5-3-10-4-6-13(16)15-12(10)9-11;/h3-4,8-10,12,20-21H,5-7,11,13-19H2,1-2H3,(H,28,31);3-4,6-7,12,15H,5,8-11H2,1-2H3;3,5,9H,1-2,4,6-8H2,(H,15,16);1H. The number of unbranched alkanes of at least 4 members (excludes halogenated alkanes) is 2. The number of ether oxygens (including phenoxy) is 4. The summed E-state index contributed by atoms with van der Waals surface area (Å²) in [5.74, 6) is 3.84. The Morgan fingerprint density at radius 2 is 1.10 bits per heavy atom. The molecule has 4 heterocycles. The summed E-state index contributed by atoms with van der Waals surface area (Å²) in [4.78, 5) is 30.3. The van der Waals surface area contributed by atoms with Gasteiger partial charge in [-0.1, -0.05) is 52.3 Å². The Morgan fingerprint density at radius 3 is 1.66 bits per heavy atom. The number of hydrogen-bond donors (Lipinski definition) is 3. The summed E-state index contributed by atoms with van der Waals surface area (Å²) in [6, 6.07) is 28.7. The minimum absolute atomic E-state index is 0. The number of carbonyl (C=O) groups is 2. The molecule has 0 radical (unpaired) electrons. The number of anilines is 4. The molecule has 4 aromatic rings. The molecule has 2 fully saturated rings. The number of halogens is 2. The Bertz CT molecular complexity index is 2140. The predicted octanol–water partition coefficient (Wildman–Crippen LogP) is 10.6. The van der Waals surface area contributed by atoms with E-state index in [9.17, 15) is 9.59 Å².